The molecule has 4 rings (SSSR count). The van der Waals surface area contributed by atoms with Crippen LogP contribution in [0.25, 0.3) is 11.2 Å². The molecule has 0 spiro atoms. The number of pyridine rings is 1. The van der Waals surface area contributed by atoms with Crippen molar-refractivity contribution in [1.82, 2.24) is 14.5 Å². The Labute approximate surface area is 132 Å². The molecule has 0 bridgehead atoms. The van der Waals surface area contributed by atoms with E-state index in [1.807, 2.05) is 42.2 Å². The van der Waals surface area contributed by atoms with Gasteiger partial charge in [-0.1, -0.05) is 12.1 Å². The first-order valence-corrected chi connectivity index (χ1v) is 8.54. The van der Waals surface area contributed by atoms with Crippen LogP contribution in [0.3, 0.4) is 0 Å². The van der Waals surface area contributed by atoms with Crippen LogP contribution in [0.5, 0.6) is 0 Å². The summed E-state index contributed by atoms with van der Waals surface area (Å²) in [5, 5.41) is 0.412. The van der Waals surface area contributed by atoms with Crippen molar-refractivity contribution in [3.63, 3.8) is 0 Å². The zero-order valence-electron chi connectivity index (χ0n) is 12.1. The van der Waals surface area contributed by atoms with E-state index >= 15 is 0 Å². The van der Waals surface area contributed by atoms with Crippen LogP contribution in [-0.4, -0.2) is 20.3 Å². The van der Waals surface area contributed by atoms with Crippen LogP contribution in [-0.2, 0) is 6.42 Å². The molecule has 1 aliphatic heterocycles. The molecule has 0 radical (unpaired) electrons. The van der Waals surface area contributed by atoms with Crippen molar-refractivity contribution in [2.45, 2.75) is 24.6 Å². The van der Waals surface area contributed by atoms with Gasteiger partial charge in [-0.3, -0.25) is 4.57 Å². The molecule has 1 aliphatic rings. The number of halogens is 1. The zero-order chi connectivity index (χ0) is 14.9. The number of rotatable bonds is 3. The van der Waals surface area contributed by atoms with Crippen molar-refractivity contribution in [3.8, 4) is 0 Å². The number of hydrogen-bond acceptors (Lipinski definition) is 3. The van der Waals surface area contributed by atoms with E-state index in [9.17, 15) is 4.39 Å². The summed E-state index contributed by atoms with van der Waals surface area (Å²) in [6, 6.07) is 10.6. The fourth-order valence-corrected chi connectivity index (χ4v) is 4.26. The van der Waals surface area contributed by atoms with Crippen molar-refractivity contribution in [3.05, 3.63) is 59.8 Å². The Morgan fingerprint density at radius 2 is 2.09 bits per heavy atom. The normalized spacial score (nSPS) is 18.1. The second-order valence-corrected chi connectivity index (χ2v) is 6.80. The monoisotopic (exact) mass is 313 g/mol. The Morgan fingerprint density at radius 3 is 2.86 bits per heavy atom. The van der Waals surface area contributed by atoms with Gasteiger partial charge in [-0.15, -0.1) is 11.8 Å². The summed E-state index contributed by atoms with van der Waals surface area (Å²) >= 11 is 1.97. The van der Waals surface area contributed by atoms with E-state index in [1.165, 1.54) is 24.3 Å². The maximum absolute atomic E-state index is 13.1. The number of hydrogen-bond donors (Lipinski definition) is 0. The lowest BCUT2D eigenvalue weighted by Gasteiger charge is -2.15. The molecule has 1 unspecified atom stereocenters. The van der Waals surface area contributed by atoms with E-state index in [0.29, 0.717) is 11.8 Å². The first-order valence-electron chi connectivity index (χ1n) is 7.49. The van der Waals surface area contributed by atoms with Gasteiger partial charge in [-0.25, -0.2) is 14.4 Å². The van der Waals surface area contributed by atoms with E-state index in [2.05, 4.69) is 9.55 Å². The van der Waals surface area contributed by atoms with Crippen molar-refractivity contribution in [2.75, 3.05) is 5.75 Å². The number of aromatic nitrogens is 3. The number of benzene rings is 1. The van der Waals surface area contributed by atoms with Gasteiger partial charge in [0.05, 0.1) is 5.37 Å². The van der Waals surface area contributed by atoms with Crippen LogP contribution < -0.4 is 0 Å². The van der Waals surface area contributed by atoms with Gasteiger partial charge in [0.15, 0.2) is 5.65 Å². The highest BCUT2D eigenvalue weighted by Gasteiger charge is 2.23. The summed E-state index contributed by atoms with van der Waals surface area (Å²) in [5.41, 5.74) is 2.96. The SMILES string of the molecule is Fc1ccc(Cc2nc3cccnc3n2C2CCCS2)cc1. The average molecular weight is 313 g/mol. The first-order chi connectivity index (χ1) is 10.8. The molecule has 112 valence electrons. The third-order valence-electron chi connectivity index (χ3n) is 3.99. The highest BCUT2D eigenvalue weighted by molar-refractivity contribution is 7.99. The molecule has 0 N–H and O–H groups in total. The predicted octanol–water partition coefficient (Wildman–Crippen LogP) is 4.19. The molecule has 3 heterocycles. The molecule has 2 aromatic heterocycles. The lowest BCUT2D eigenvalue weighted by Crippen LogP contribution is -2.08. The predicted molar refractivity (Wildman–Crippen MR) is 87.5 cm³/mol. The summed E-state index contributed by atoms with van der Waals surface area (Å²) in [4.78, 5) is 9.30. The van der Waals surface area contributed by atoms with Gasteiger partial charge in [0.25, 0.3) is 0 Å². The smallest absolute Gasteiger partial charge is 0.160 e. The van der Waals surface area contributed by atoms with Crippen molar-refractivity contribution < 1.29 is 4.39 Å². The van der Waals surface area contributed by atoms with Gasteiger partial charge in [0.2, 0.25) is 0 Å². The van der Waals surface area contributed by atoms with Gasteiger partial charge in [-0.05, 0) is 48.4 Å². The van der Waals surface area contributed by atoms with Gasteiger partial charge in [0.1, 0.15) is 17.2 Å². The van der Waals surface area contributed by atoms with Gasteiger partial charge >= 0.3 is 0 Å². The minimum absolute atomic E-state index is 0.203. The third-order valence-corrected chi connectivity index (χ3v) is 5.35. The van der Waals surface area contributed by atoms with Crippen molar-refractivity contribution in [1.29, 1.82) is 0 Å². The maximum atomic E-state index is 13.1. The molecule has 0 saturated carbocycles. The van der Waals surface area contributed by atoms with E-state index in [-0.39, 0.29) is 5.82 Å². The average Bonchev–Trinajstić information content (AvgIpc) is 3.16. The van der Waals surface area contributed by atoms with Crippen LogP contribution in [0, 0.1) is 5.82 Å². The van der Waals surface area contributed by atoms with E-state index < -0.39 is 0 Å². The number of nitrogens with zero attached hydrogens (tertiary/aromatic N) is 3. The summed E-state index contributed by atoms with van der Waals surface area (Å²) in [5.74, 6) is 2.00. The zero-order valence-corrected chi connectivity index (χ0v) is 12.9. The quantitative estimate of drug-likeness (QED) is 0.726. The molecule has 0 amide bonds. The van der Waals surface area contributed by atoms with Crippen molar-refractivity contribution >= 4 is 22.9 Å². The van der Waals surface area contributed by atoms with E-state index in [0.717, 1.165) is 29.0 Å². The molecule has 1 saturated heterocycles. The number of imidazole rings is 1. The second-order valence-electron chi connectivity index (χ2n) is 5.52. The van der Waals surface area contributed by atoms with Gasteiger partial charge in [-0.2, -0.15) is 0 Å². The fraction of sp³-hybridized carbons (Fsp3) is 0.294. The first kappa shape index (κ1) is 13.8. The molecule has 3 aromatic rings. The Balaban J connectivity index is 1.78. The Bertz CT molecular complexity index is 791. The van der Waals surface area contributed by atoms with Crippen LogP contribution in [0.15, 0.2) is 42.6 Å². The van der Waals surface area contributed by atoms with E-state index in [1.54, 1.807) is 0 Å². The Kier molecular flexibility index (Phi) is 3.58. The molecular formula is C17H16FN3S. The van der Waals surface area contributed by atoms with Crippen LogP contribution >= 0.6 is 11.8 Å². The molecule has 0 aliphatic carbocycles. The molecule has 1 fully saturated rings. The third kappa shape index (κ3) is 2.50. The van der Waals surface area contributed by atoms with Gasteiger partial charge < -0.3 is 0 Å². The minimum atomic E-state index is -0.203. The molecular weight excluding hydrogens is 297 g/mol. The van der Waals surface area contributed by atoms with Crippen LogP contribution in [0.2, 0.25) is 0 Å². The molecule has 1 atom stereocenters. The Hall–Kier alpha value is -1.88. The fourth-order valence-electron chi connectivity index (χ4n) is 2.95. The summed E-state index contributed by atoms with van der Waals surface area (Å²) in [6.45, 7) is 0. The van der Waals surface area contributed by atoms with Crippen molar-refractivity contribution in [2.24, 2.45) is 0 Å². The molecule has 22 heavy (non-hydrogen) atoms. The minimum Gasteiger partial charge on any atom is -0.300 e. The Morgan fingerprint density at radius 1 is 1.23 bits per heavy atom. The summed E-state index contributed by atoms with van der Waals surface area (Å²) in [6.07, 6.45) is 4.91. The summed E-state index contributed by atoms with van der Waals surface area (Å²) in [7, 11) is 0. The number of fused-ring (bicyclic) bond motifs is 1. The topological polar surface area (TPSA) is 30.7 Å². The van der Waals surface area contributed by atoms with Gasteiger partial charge in [0, 0.05) is 12.6 Å². The summed E-state index contributed by atoms with van der Waals surface area (Å²) < 4.78 is 15.4. The van der Waals surface area contributed by atoms with Crippen LogP contribution in [0.1, 0.15) is 29.6 Å². The second kappa shape index (κ2) is 5.72. The largest absolute Gasteiger partial charge is 0.300 e. The highest BCUT2D eigenvalue weighted by Crippen LogP contribution is 2.38. The molecule has 3 nitrogen and oxygen atoms in total. The number of thioether (sulfide) groups is 1. The van der Waals surface area contributed by atoms with Crippen LogP contribution in [0.4, 0.5) is 4.39 Å². The lowest BCUT2D eigenvalue weighted by atomic mass is 10.1. The molecule has 1 aromatic carbocycles. The molecule has 5 heteroatoms. The lowest BCUT2D eigenvalue weighted by molar-refractivity contribution is 0.623. The van der Waals surface area contributed by atoms with E-state index in [4.69, 9.17) is 4.98 Å². The highest BCUT2D eigenvalue weighted by atomic mass is 32.2. The standard InChI is InChI=1S/C17H16FN3S/c18-13-7-5-12(6-8-13)11-15-20-14-3-1-9-19-17(14)21(15)16-4-2-10-22-16/h1,3,5-9,16H,2,4,10-11H2. The maximum Gasteiger partial charge on any atom is 0.160 e.